The van der Waals surface area contributed by atoms with Crippen molar-refractivity contribution in [2.24, 2.45) is 0 Å². The number of rotatable bonds is 4. The van der Waals surface area contributed by atoms with Crippen molar-refractivity contribution in [3.63, 3.8) is 0 Å². The Morgan fingerprint density at radius 1 is 1.39 bits per heavy atom. The summed E-state index contributed by atoms with van der Waals surface area (Å²) in [4.78, 5) is 4.07. The van der Waals surface area contributed by atoms with Crippen LogP contribution in [0.4, 0.5) is 0 Å². The molecule has 1 heterocycles. The summed E-state index contributed by atoms with van der Waals surface area (Å²) >= 11 is 0. The lowest BCUT2D eigenvalue weighted by Crippen LogP contribution is -2.10. The first-order chi connectivity index (χ1) is 8.54. The smallest absolute Gasteiger partial charge is 0.299 e. The first kappa shape index (κ1) is 12.8. The maximum Gasteiger partial charge on any atom is 0.299 e. The molecule has 96 valence electrons. The molecule has 6 heteroatoms. The van der Waals surface area contributed by atoms with Gasteiger partial charge in [0.25, 0.3) is 10.1 Å². The molecular weight excluding hydrogens is 252 g/mol. The van der Waals surface area contributed by atoms with Gasteiger partial charge in [0.15, 0.2) is 0 Å². The van der Waals surface area contributed by atoms with Crippen molar-refractivity contribution in [2.45, 2.75) is 18.7 Å². The molecule has 0 fully saturated rings. The number of aromatic nitrogens is 2. The Bertz CT molecular complexity index is 633. The van der Waals surface area contributed by atoms with Crippen LogP contribution in [0.1, 0.15) is 12.5 Å². The van der Waals surface area contributed by atoms with E-state index in [0.717, 1.165) is 5.56 Å². The topological polar surface area (TPSA) is 61.2 Å². The van der Waals surface area contributed by atoms with Crippen molar-refractivity contribution in [3.8, 4) is 5.69 Å². The Hall–Kier alpha value is -1.66. The molecule has 0 radical (unpaired) electrons. The van der Waals surface area contributed by atoms with Gasteiger partial charge >= 0.3 is 0 Å². The van der Waals surface area contributed by atoms with Gasteiger partial charge in [0.2, 0.25) is 0 Å². The van der Waals surface area contributed by atoms with Crippen LogP contribution in [-0.2, 0) is 14.3 Å². The molecule has 0 bridgehead atoms. The summed E-state index contributed by atoms with van der Waals surface area (Å²) in [7, 11) is -3.73. The summed E-state index contributed by atoms with van der Waals surface area (Å²) < 4.78 is 30.5. The summed E-state index contributed by atoms with van der Waals surface area (Å²) in [6.45, 7) is 3.65. The van der Waals surface area contributed by atoms with Gasteiger partial charge in [0, 0.05) is 12.4 Å². The van der Waals surface area contributed by atoms with Gasteiger partial charge in [-0.25, -0.2) is 4.98 Å². The van der Waals surface area contributed by atoms with Gasteiger partial charge in [0.1, 0.15) is 4.90 Å². The quantitative estimate of drug-likeness (QED) is 0.793. The molecule has 0 spiro atoms. The molecule has 2 rings (SSSR count). The Morgan fingerprint density at radius 3 is 2.78 bits per heavy atom. The van der Waals surface area contributed by atoms with Crippen molar-refractivity contribution in [3.05, 3.63) is 42.5 Å². The van der Waals surface area contributed by atoms with Gasteiger partial charge in [-0.15, -0.1) is 0 Å². The van der Waals surface area contributed by atoms with Crippen LogP contribution in [-0.4, -0.2) is 24.6 Å². The molecule has 1 aromatic heterocycles. The molecule has 5 nitrogen and oxygen atoms in total. The predicted octanol–water partition coefficient (Wildman–Crippen LogP) is 1.91. The first-order valence-electron chi connectivity index (χ1n) is 5.53. The van der Waals surface area contributed by atoms with Crippen LogP contribution in [0, 0.1) is 6.92 Å². The minimum Gasteiger partial charge on any atom is -0.305 e. The fraction of sp³-hybridized carbons (Fsp3) is 0.250. The van der Waals surface area contributed by atoms with Crippen molar-refractivity contribution in [1.29, 1.82) is 0 Å². The Kier molecular flexibility index (Phi) is 3.49. The van der Waals surface area contributed by atoms with Crippen LogP contribution in [0.15, 0.2) is 41.8 Å². The van der Waals surface area contributed by atoms with Gasteiger partial charge in [-0.2, -0.15) is 8.42 Å². The number of hydrogen-bond acceptors (Lipinski definition) is 4. The Balaban J connectivity index is 2.62. The lowest BCUT2D eigenvalue weighted by molar-refractivity contribution is 0.338. The zero-order valence-electron chi connectivity index (χ0n) is 10.2. The van der Waals surface area contributed by atoms with Crippen LogP contribution < -0.4 is 0 Å². The van der Waals surface area contributed by atoms with Crippen LogP contribution in [0.25, 0.3) is 5.69 Å². The van der Waals surface area contributed by atoms with Gasteiger partial charge in [-0.3, -0.25) is 4.18 Å². The van der Waals surface area contributed by atoms with Gasteiger partial charge < -0.3 is 4.57 Å². The zero-order chi connectivity index (χ0) is 13.2. The van der Waals surface area contributed by atoms with Crippen LogP contribution in [0.5, 0.6) is 0 Å². The number of benzene rings is 1. The molecule has 0 N–H and O–H groups in total. The second-order valence-corrected chi connectivity index (χ2v) is 5.39. The summed E-state index contributed by atoms with van der Waals surface area (Å²) in [5.74, 6) is 0. The average molecular weight is 266 g/mol. The fourth-order valence-corrected chi connectivity index (χ4v) is 2.75. The third-order valence-electron chi connectivity index (χ3n) is 2.44. The molecule has 0 aliphatic heterocycles. The maximum absolute atomic E-state index is 12.0. The van der Waals surface area contributed by atoms with E-state index in [-0.39, 0.29) is 11.5 Å². The highest BCUT2D eigenvalue weighted by Gasteiger charge is 2.19. The molecule has 0 aliphatic carbocycles. The summed E-state index contributed by atoms with van der Waals surface area (Å²) in [6.07, 6.45) is 4.85. The minimum atomic E-state index is -3.73. The van der Waals surface area contributed by atoms with E-state index in [1.54, 1.807) is 48.4 Å². The first-order valence-corrected chi connectivity index (χ1v) is 6.94. The molecule has 18 heavy (non-hydrogen) atoms. The fourth-order valence-electron chi connectivity index (χ4n) is 1.66. The molecule has 0 aliphatic rings. The van der Waals surface area contributed by atoms with E-state index in [9.17, 15) is 8.42 Å². The van der Waals surface area contributed by atoms with Gasteiger partial charge in [0.05, 0.1) is 18.6 Å². The van der Waals surface area contributed by atoms with Crippen molar-refractivity contribution in [1.82, 2.24) is 9.55 Å². The SMILES string of the molecule is CCOS(=O)(=O)c1ccc(C)cc1-n1ccnc1. The van der Waals surface area contributed by atoms with Crippen molar-refractivity contribution >= 4 is 10.1 Å². The van der Waals surface area contributed by atoms with Crippen molar-refractivity contribution in [2.75, 3.05) is 6.61 Å². The highest BCUT2D eigenvalue weighted by Crippen LogP contribution is 2.23. The average Bonchev–Trinajstić information content (AvgIpc) is 2.81. The second kappa shape index (κ2) is 4.91. The summed E-state index contributed by atoms with van der Waals surface area (Å²) in [5.41, 5.74) is 1.51. The van der Waals surface area contributed by atoms with Crippen LogP contribution in [0.2, 0.25) is 0 Å². The number of nitrogens with zero attached hydrogens (tertiary/aromatic N) is 2. The molecule has 0 unspecified atom stereocenters. The largest absolute Gasteiger partial charge is 0.305 e. The monoisotopic (exact) mass is 266 g/mol. The van der Waals surface area contributed by atoms with Crippen LogP contribution in [0.3, 0.4) is 0 Å². The summed E-state index contributed by atoms with van der Waals surface area (Å²) in [5, 5.41) is 0. The Labute approximate surface area is 106 Å². The third-order valence-corrected chi connectivity index (χ3v) is 3.87. The molecule has 0 saturated heterocycles. The van der Waals surface area contributed by atoms with E-state index in [1.165, 1.54) is 0 Å². The number of imidazole rings is 1. The zero-order valence-corrected chi connectivity index (χ0v) is 11.0. The van der Waals surface area contributed by atoms with Gasteiger partial charge in [-0.1, -0.05) is 6.07 Å². The van der Waals surface area contributed by atoms with E-state index in [2.05, 4.69) is 4.98 Å². The molecule has 0 saturated carbocycles. The van der Waals surface area contributed by atoms with Crippen molar-refractivity contribution < 1.29 is 12.6 Å². The molecule has 2 aromatic rings. The lowest BCUT2D eigenvalue weighted by atomic mass is 10.2. The molecule has 1 aromatic carbocycles. The number of aryl methyl sites for hydroxylation is 1. The standard InChI is InChI=1S/C12H14N2O3S/c1-3-17-18(15,16)12-5-4-10(2)8-11(12)14-7-6-13-9-14/h4-9H,3H2,1-2H3. The molecule has 0 amide bonds. The molecule has 0 atom stereocenters. The summed E-state index contributed by atoms with van der Waals surface area (Å²) in [6, 6.07) is 5.08. The third kappa shape index (κ3) is 2.44. The highest BCUT2D eigenvalue weighted by molar-refractivity contribution is 7.86. The lowest BCUT2D eigenvalue weighted by Gasteiger charge is -2.11. The Morgan fingerprint density at radius 2 is 2.17 bits per heavy atom. The van der Waals surface area contributed by atoms with E-state index in [4.69, 9.17) is 4.18 Å². The minimum absolute atomic E-state index is 0.111. The molecular formula is C12H14N2O3S. The maximum atomic E-state index is 12.0. The van der Waals surface area contributed by atoms with E-state index in [1.807, 2.05) is 6.92 Å². The predicted molar refractivity (Wildman–Crippen MR) is 67.1 cm³/mol. The number of hydrogen-bond donors (Lipinski definition) is 0. The van der Waals surface area contributed by atoms with Crippen LogP contribution >= 0.6 is 0 Å². The van der Waals surface area contributed by atoms with E-state index < -0.39 is 10.1 Å². The normalized spacial score (nSPS) is 11.7. The van der Waals surface area contributed by atoms with Gasteiger partial charge in [-0.05, 0) is 31.5 Å². The highest BCUT2D eigenvalue weighted by atomic mass is 32.2. The van der Waals surface area contributed by atoms with E-state index in [0.29, 0.717) is 5.69 Å². The second-order valence-electron chi connectivity index (χ2n) is 3.80. The van der Waals surface area contributed by atoms with E-state index >= 15 is 0 Å².